The van der Waals surface area contributed by atoms with E-state index in [1.807, 2.05) is 0 Å². The first-order valence-electron chi connectivity index (χ1n) is 3.80. The molecule has 0 aromatic rings. The molecule has 0 radical (unpaired) electrons. The lowest BCUT2D eigenvalue weighted by molar-refractivity contribution is 1.05. The van der Waals surface area contributed by atoms with Gasteiger partial charge in [0.25, 0.3) is 0 Å². The second-order valence-corrected chi connectivity index (χ2v) is 7.18. The minimum Gasteiger partial charge on any atom is -0.100 e. The maximum absolute atomic E-state index is 4.02. The summed E-state index contributed by atoms with van der Waals surface area (Å²) in [5.41, 5.74) is 0.799. The second kappa shape index (κ2) is 3.87. The molecule has 0 N–H and O–H groups in total. The lowest BCUT2D eigenvalue weighted by atomic mass is 10.5. The lowest BCUT2D eigenvalue weighted by Crippen LogP contribution is -2.15. The Morgan fingerprint density at radius 1 is 1.20 bits per heavy atom. The summed E-state index contributed by atoms with van der Waals surface area (Å²) in [5, 5.41) is 2.97. The van der Waals surface area contributed by atoms with E-state index in [9.17, 15) is 0 Å². The highest BCUT2D eigenvalue weighted by molar-refractivity contribution is 6.77. The lowest BCUT2D eigenvalue weighted by Gasteiger charge is -2.11. The first kappa shape index (κ1) is 9.83. The number of allylic oxidation sites excluding steroid dienone is 1. The number of hydrogen-bond donors (Lipinski definition) is 0. The topological polar surface area (TPSA) is 0 Å². The van der Waals surface area contributed by atoms with E-state index in [2.05, 4.69) is 41.2 Å². The minimum absolute atomic E-state index is 0.373. The highest BCUT2D eigenvalue weighted by Crippen LogP contribution is 2.08. The van der Waals surface area contributed by atoms with Crippen molar-refractivity contribution in [2.45, 2.75) is 40.2 Å². The van der Waals surface area contributed by atoms with Gasteiger partial charge in [0, 0.05) is 8.41 Å². The van der Waals surface area contributed by atoms with Gasteiger partial charge in [0.15, 0.2) is 0 Å². The molecular formula is C9H18Si. The van der Waals surface area contributed by atoms with Crippen LogP contribution in [0.4, 0.5) is 0 Å². The summed E-state index contributed by atoms with van der Waals surface area (Å²) in [4.78, 5) is 0. The molecule has 0 atom stereocenters. The Kier molecular flexibility index (Phi) is 3.80. The molecule has 0 heterocycles. The highest BCUT2D eigenvalue weighted by atomic mass is 28.2. The molecule has 0 fully saturated rings. The van der Waals surface area contributed by atoms with Crippen molar-refractivity contribution in [3.05, 3.63) is 11.8 Å². The average Bonchev–Trinajstić information content (AvgIpc) is 1.59. The molecule has 0 aliphatic rings. The highest BCUT2D eigenvalue weighted by Gasteiger charge is 2.05. The molecule has 0 aromatic carbocycles. The third kappa shape index (κ3) is 2.61. The van der Waals surface area contributed by atoms with Gasteiger partial charge in [-0.2, -0.15) is 0 Å². The van der Waals surface area contributed by atoms with E-state index in [0.29, 0.717) is 0 Å². The summed E-state index contributed by atoms with van der Waals surface area (Å²) in [6.07, 6.45) is 0. The first-order chi connectivity index (χ1) is 4.46. The Labute approximate surface area is 66.2 Å². The predicted molar refractivity (Wildman–Crippen MR) is 52.0 cm³/mol. The van der Waals surface area contributed by atoms with Crippen molar-refractivity contribution in [3.63, 3.8) is 0 Å². The summed E-state index contributed by atoms with van der Waals surface area (Å²) in [5.74, 6) is 0. The van der Waals surface area contributed by atoms with Crippen LogP contribution in [0.2, 0.25) is 5.54 Å². The van der Waals surface area contributed by atoms with Gasteiger partial charge in [0.05, 0.1) is 0 Å². The number of rotatable bonds is 2. The molecular weight excluding hydrogens is 136 g/mol. The molecule has 0 aliphatic heterocycles. The van der Waals surface area contributed by atoms with Gasteiger partial charge < -0.3 is 0 Å². The maximum Gasteiger partial charge on any atom is 0.0408 e. The van der Waals surface area contributed by atoms with Gasteiger partial charge in [-0.15, -0.1) is 6.58 Å². The fourth-order valence-electron chi connectivity index (χ4n) is 1.50. The first-order valence-corrected chi connectivity index (χ1v) is 5.37. The fourth-order valence-corrected chi connectivity index (χ4v) is 4.49. The molecule has 0 saturated heterocycles. The zero-order valence-corrected chi connectivity index (χ0v) is 8.78. The minimum atomic E-state index is -0.373. The van der Waals surface area contributed by atoms with Gasteiger partial charge in [0.1, 0.15) is 0 Å². The molecule has 0 amide bonds. The molecule has 0 saturated carbocycles. The van der Waals surface area contributed by atoms with E-state index in [-0.39, 0.29) is 8.41 Å². The van der Waals surface area contributed by atoms with Crippen molar-refractivity contribution >= 4 is 13.6 Å². The zero-order valence-electron chi connectivity index (χ0n) is 7.78. The number of hydrogen-bond acceptors (Lipinski definition) is 0. The van der Waals surface area contributed by atoms with E-state index in [1.165, 1.54) is 5.20 Å². The van der Waals surface area contributed by atoms with Crippen LogP contribution in [0.5, 0.6) is 0 Å². The molecule has 58 valence electrons. The second-order valence-electron chi connectivity index (χ2n) is 3.35. The van der Waals surface area contributed by atoms with Gasteiger partial charge in [0.2, 0.25) is 0 Å². The van der Waals surface area contributed by atoms with Crippen LogP contribution in [-0.2, 0) is 0 Å². The largest absolute Gasteiger partial charge is 0.100 e. The summed E-state index contributed by atoms with van der Waals surface area (Å²) in [7, 11) is -0.373. The normalized spacial score (nSPS) is 9.80. The van der Waals surface area contributed by atoms with Crippen LogP contribution in [-0.4, -0.2) is 13.6 Å². The van der Waals surface area contributed by atoms with Crippen LogP contribution in [0.3, 0.4) is 0 Å². The fraction of sp³-hybridized carbons (Fsp3) is 0.667. The molecule has 0 rings (SSSR count). The molecule has 0 aliphatic carbocycles. The Hall–Kier alpha value is -0.173. The van der Waals surface area contributed by atoms with Crippen LogP contribution in [0.25, 0.3) is 0 Å². The van der Waals surface area contributed by atoms with E-state index in [0.717, 1.165) is 5.54 Å². The van der Waals surface area contributed by atoms with Crippen molar-refractivity contribution in [1.82, 2.24) is 0 Å². The monoisotopic (exact) mass is 154 g/mol. The molecule has 0 aromatic heterocycles. The van der Waals surface area contributed by atoms with Crippen molar-refractivity contribution in [3.8, 4) is 0 Å². The van der Waals surface area contributed by atoms with Crippen LogP contribution in [0, 0.1) is 0 Å². The molecule has 0 bridgehead atoms. The van der Waals surface area contributed by atoms with Gasteiger partial charge in [-0.1, -0.05) is 24.2 Å². The van der Waals surface area contributed by atoms with Crippen molar-refractivity contribution in [2.75, 3.05) is 0 Å². The average molecular weight is 154 g/mol. The van der Waals surface area contributed by atoms with Gasteiger partial charge in [-0.25, -0.2) is 0 Å². The van der Waals surface area contributed by atoms with E-state index in [4.69, 9.17) is 0 Å². The Morgan fingerprint density at radius 2 is 1.60 bits per heavy atom. The maximum atomic E-state index is 4.02. The Bertz CT molecular complexity index is 160. The molecule has 0 unspecified atom stereocenters. The van der Waals surface area contributed by atoms with Crippen LogP contribution in [0.15, 0.2) is 11.8 Å². The quantitative estimate of drug-likeness (QED) is 0.537. The van der Waals surface area contributed by atoms with Crippen molar-refractivity contribution < 1.29 is 0 Å². The van der Waals surface area contributed by atoms with Crippen LogP contribution >= 0.6 is 0 Å². The third-order valence-electron chi connectivity index (χ3n) is 1.58. The Morgan fingerprint density at radius 3 is 1.60 bits per heavy atom. The van der Waals surface area contributed by atoms with Crippen molar-refractivity contribution in [1.29, 1.82) is 0 Å². The summed E-state index contributed by atoms with van der Waals surface area (Å²) in [6, 6.07) is 0. The van der Waals surface area contributed by atoms with Crippen LogP contribution in [0.1, 0.15) is 34.6 Å². The van der Waals surface area contributed by atoms with E-state index < -0.39 is 0 Å². The standard InChI is InChI=1S/C9H18Si/c1-7(2)10(8(3)4)9(5)6/h8H,1H2,2-6H3. The van der Waals surface area contributed by atoms with Gasteiger partial charge in [-0.05, 0) is 26.3 Å². The summed E-state index contributed by atoms with van der Waals surface area (Å²) >= 11 is 0. The SMILES string of the molecule is C=C(C)[Si](=C(C)C)C(C)C. The Balaban J connectivity index is 4.61. The zero-order chi connectivity index (χ0) is 8.31. The molecule has 0 spiro atoms. The van der Waals surface area contributed by atoms with E-state index >= 15 is 0 Å². The third-order valence-corrected chi connectivity index (χ3v) is 4.73. The molecule has 10 heavy (non-hydrogen) atoms. The molecule has 1 heteroatoms. The predicted octanol–water partition coefficient (Wildman–Crippen LogP) is 2.80. The smallest absolute Gasteiger partial charge is 0.0408 e. The van der Waals surface area contributed by atoms with Gasteiger partial charge >= 0.3 is 0 Å². The summed E-state index contributed by atoms with van der Waals surface area (Å²) < 4.78 is 0. The summed E-state index contributed by atoms with van der Waals surface area (Å²) in [6.45, 7) is 15.2. The van der Waals surface area contributed by atoms with Crippen molar-refractivity contribution in [2.24, 2.45) is 0 Å². The molecule has 0 nitrogen and oxygen atoms in total. The van der Waals surface area contributed by atoms with Crippen LogP contribution < -0.4 is 0 Å². The van der Waals surface area contributed by atoms with Gasteiger partial charge in [-0.3, -0.25) is 0 Å². The van der Waals surface area contributed by atoms with E-state index in [1.54, 1.807) is 5.17 Å².